The van der Waals surface area contributed by atoms with Crippen molar-refractivity contribution in [2.75, 3.05) is 0 Å². The second-order valence-corrected chi connectivity index (χ2v) is 5.14. The monoisotopic (exact) mass is 247 g/mol. The van der Waals surface area contributed by atoms with Gasteiger partial charge in [0.05, 0.1) is 17.2 Å². The van der Waals surface area contributed by atoms with Crippen LogP contribution in [0.1, 0.15) is 39.9 Å². The number of amides is 1. The number of aryl methyl sites for hydroxylation is 1. The fraction of sp³-hybridized carbons (Fsp3) is 0.308. The van der Waals surface area contributed by atoms with Gasteiger partial charge in [-0.25, -0.2) is 0 Å². The quantitative estimate of drug-likeness (QED) is 0.885. The van der Waals surface area contributed by atoms with Crippen LogP contribution in [0.3, 0.4) is 0 Å². The zero-order chi connectivity index (χ0) is 11.7. The maximum absolute atomic E-state index is 12.0. The largest absolute Gasteiger partial charge is 0.469 e. The smallest absolute Gasteiger partial charge is 0.261 e. The number of furan rings is 1. The second kappa shape index (κ2) is 4.37. The van der Waals surface area contributed by atoms with E-state index >= 15 is 0 Å². The van der Waals surface area contributed by atoms with Crippen molar-refractivity contribution < 1.29 is 9.21 Å². The summed E-state index contributed by atoms with van der Waals surface area (Å²) in [4.78, 5) is 12.7. The number of carbonyl (C=O) groups is 1. The maximum Gasteiger partial charge on any atom is 0.261 e. The van der Waals surface area contributed by atoms with Crippen LogP contribution in [0.15, 0.2) is 34.3 Å². The van der Waals surface area contributed by atoms with Gasteiger partial charge in [-0.2, -0.15) is 0 Å². The molecule has 0 bridgehead atoms. The Morgan fingerprint density at radius 2 is 2.41 bits per heavy atom. The summed E-state index contributed by atoms with van der Waals surface area (Å²) in [5.41, 5.74) is 1.14. The third-order valence-electron chi connectivity index (χ3n) is 3.10. The Balaban J connectivity index is 1.77. The van der Waals surface area contributed by atoms with Gasteiger partial charge >= 0.3 is 0 Å². The predicted molar refractivity (Wildman–Crippen MR) is 66.2 cm³/mol. The van der Waals surface area contributed by atoms with Crippen molar-refractivity contribution in [1.29, 1.82) is 0 Å². The molecule has 2 aromatic heterocycles. The molecule has 3 nitrogen and oxygen atoms in total. The van der Waals surface area contributed by atoms with E-state index in [4.69, 9.17) is 4.42 Å². The number of rotatable bonds is 2. The molecule has 0 aliphatic heterocycles. The molecule has 1 aliphatic carbocycles. The van der Waals surface area contributed by atoms with Crippen molar-refractivity contribution in [2.24, 2.45) is 0 Å². The van der Waals surface area contributed by atoms with E-state index in [1.165, 1.54) is 11.3 Å². The summed E-state index contributed by atoms with van der Waals surface area (Å²) in [7, 11) is 0. The van der Waals surface area contributed by atoms with E-state index in [1.807, 2.05) is 23.6 Å². The summed E-state index contributed by atoms with van der Waals surface area (Å²) < 4.78 is 5.41. The Kier molecular flexibility index (Phi) is 2.73. The topological polar surface area (TPSA) is 42.2 Å². The summed E-state index contributed by atoms with van der Waals surface area (Å²) in [6.07, 6.45) is 4.74. The van der Waals surface area contributed by atoms with Gasteiger partial charge in [-0.3, -0.25) is 4.79 Å². The van der Waals surface area contributed by atoms with Gasteiger partial charge in [0.2, 0.25) is 0 Å². The van der Waals surface area contributed by atoms with Crippen LogP contribution >= 0.6 is 11.3 Å². The fourth-order valence-corrected chi connectivity index (χ4v) is 2.90. The van der Waals surface area contributed by atoms with Crippen LogP contribution in [0, 0.1) is 0 Å². The van der Waals surface area contributed by atoms with Crippen molar-refractivity contribution in [3.63, 3.8) is 0 Å². The second-order valence-electron chi connectivity index (χ2n) is 4.19. The molecule has 0 spiro atoms. The number of nitrogens with one attached hydrogen (secondary N) is 1. The van der Waals surface area contributed by atoms with Crippen molar-refractivity contribution in [3.8, 4) is 0 Å². The third-order valence-corrected chi connectivity index (χ3v) is 3.97. The standard InChI is InChI=1S/C13H13NO2S/c15-13(12-5-2-8-17-12)14-10-3-1-4-11-9(10)6-7-16-11/h2,5-8,10H,1,3-4H2,(H,14,15)/t10-/m1/s1. The van der Waals surface area contributed by atoms with Crippen molar-refractivity contribution >= 4 is 17.2 Å². The van der Waals surface area contributed by atoms with Gasteiger partial charge in [0.15, 0.2) is 0 Å². The average molecular weight is 247 g/mol. The Morgan fingerprint density at radius 3 is 3.24 bits per heavy atom. The van der Waals surface area contributed by atoms with Gasteiger partial charge < -0.3 is 9.73 Å². The average Bonchev–Trinajstić information content (AvgIpc) is 3.00. The molecule has 1 amide bonds. The molecule has 0 aromatic carbocycles. The summed E-state index contributed by atoms with van der Waals surface area (Å²) >= 11 is 1.47. The molecule has 4 heteroatoms. The van der Waals surface area contributed by atoms with Crippen LogP contribution in [0.25, 0.3) is 0 Å². The van der Waals surface area contributed by atoms with Crippen LogP contribution in [0.5, 0.6) is 0 Å². The molecule has 0 radical (unpaired) electrons. The number of hydrogen-bond acceptors (Lipinski definition) is 3. The molecular weight excluding hydrogens is 234 g/mol. The molecule has 3 rings (SSSR count). The van der Waals surface area contributed by atoms with Gasteiger partial charge in [-0.05, 0) is 30.4 Å². The minimum Gasteiger partial charge on any atom is -0.469 e. The molecule has 1 aliphatic rings. The lowest BCUT2D eigenvalue weighted by molar-refractivity contribution is 0.0936. The van der Waals surface area contributed by atoms with E-state index in [-0.39, 0.29) is 11.9 Å². The molecular formula is C13H13NO2S. The summed E-state index contributed by atoms with van der Waals surface area (Å²) in [6, 6.07) is 5.81. The Labute approximate surface area is 103 Å². The molecule has 0 unspecified atom stereocenters. The van der Waals surface area contributed by atoms with E-state index < -0.39 is 0 Å². The van der Waals surface area contributed by atoms with Gasteiger partial charge in [0.25, 0.3) is 5.91 Å². The van der Waals surface area contributed by atoms with Crippen molar-refractivity contribution in [2.45, 2.75) is 25.3 Å². The molecule has 2 aromatic rings. The van der Waals surface area contributed by atoms with E-state index in [2.05, 4.69) is 5.32 Å². The van der Waals surface area contributed by atoms with Gasteiger partial charge in [-0.15, -0.1) is 11.3 Å². The highest BCUT2D eigenvalue weighted by Gasteiger charge is 2.24. The number of thiophene rings is 1. The number of hydrogen-bond donors (Lipinski definition) is 1. The molecule has 1 N–H and O–H groups in total. The molecule has 0 fully saturated rings. The lowest BCUT2D eigenvalue weighted by Gasteiger charge is -2.22. The van der Waals surface area contributed by atoms with E-state index in [9.17, 15) is 4.79 Å². The third kappa shape index (κ3) is 2.00. The number of carbonyl (C=O) groups excluding carboxylic acids is 1. The fourth-order valence-electron chi connectivity index (χ4n) is 2.27. The molecule has 1 atom stereocenters. The highest BCUT2D eigenvalue weighted by Crippen LogP contribution is 2.30. The van der Waals surface area contributed by atoms with Crippen LogP contribution < -0.4 is 5.32 Å². The van der Waals surface area contributed by atoms with Crippen LogP contribution in [0.4, 0.5) is 0 Å². The Hall–Kier alpha value is -1.55. The van der Waals surface area contributed by atoms with E-state index in [0.29, 0.717) is 0 Å². The predicted octanol–water partition coefficient (Wildman–Crippen LogP) is 3.15. The Bertz CT molecular complexity index is 515. The molecule has 2 heterocycles. The Morgan fingerprint density at radius 1 is 1.47 bits per heavy atom. The highest BCUT2D eigenvalue weighted by atomic mass is 32.1. The first kappa shape index (κ1) is 10.6. The van der Waals surface area contributed by atoms with Crippen LogP contribution in [-0.2, 0) is 6.42 Å². The summed E-state index contributed by atoms with van der Waals surface area (Å²) in [6.45, 7) is 0. The minimum absolute atomic E-state index is 0.0130. The van der Waals surface area contributed by atoms with Crippen LogP contribution in [-0.4, -0.2) is 5.91 Å². The van der Waals surface area contributed by atoms with E-state index in [1.54, 1.807) is 6.26 Å². The summed E-state index contributed by atoms with van der Waals surface area (Å²) in [5, 5.41) is 4.99. The van der Waals surface area contributed by atoms with Gasteiger partial charge in [0.1, 0.15) is 5.76 Å². The highest BCUT2D eigenvalue weighted by molar-refractivity contribution is 7.12. The normalized spacial score (nSPS) is 18.7. The molecule has 17 heavy (non-hydrogen) atoms. The first-order valence-electron chi connectivity index (χ1n) is 5.75. The zero-order valence-corrected chi connectivity index (χ0v) is 10.1. The van der Waals surface area contributed by atoms with E-state index in [0.717, 1.165) is 35.5 Å². The maximum atomic E-state index is 12.0. The molecule has 88 valence electrons. The van der Waals surface area contributed by atoms with Crippen molar-refractivity contribution in [1.82, 2.24) is 5.32 Å². The first-order chi connectivity index (χ1) is 8.34. The lowest BCUT2D eigenvalue weighted by Crippen LogP contribution is -2.29. The number of fused-ring (bicyclic) bond motifs is 1. The first-order valence-corrected chi connectivity index (χ1v) is 6.63. The van der Waals surface area contributed by atoms with Crippen LogP contribution in [0.2, 0.25) is 0 Å². The summed E-state index contributed by atoms with van der Waals surface area (Å²) in [5.74, 6) is 1.03. The zero-order valence-electron chi connectivity index (χ0n) is 9.31. The van der Waals surface area contributed by atoms with Gasteiger partial charge in [0, 0.05) is 12.0 Å². The molecule has 0 saturated heterocycles. The lowest BCUT2D eigenvalue weighted by atomic mass is 9.93. The SMILES string of the molecule is O=C(N[C@@H]1CCCc2occc21)c1cccs1. The molecule has 0 saturated carbocycles. The van der Waals surface area contributed by atoms with Crippen molar-refractivity contribution in [3.05, 3.63) is 46.0 Å². The minimum atomic E-state index is 0.0130. The van der Waals surface area contributed by atoms with Gasteiger partial charge in [-0.1, -0.05) is 6.07 Å².